The van der Waals surface area contributed by atoms with Crippen LogP contribution in [0, 0.1) is 17.2 Å². The van der Waals surface area contributed by atoms with Crippen LogP contribution in [-0.4, -0.2) is 36.8 Å². The monoisotopic (exact) mass is 475 g/mol. The Morgan fingerprint density at radius 1 is 1.03 bits per heavy atom. The van der Waals surface area contributed by atoms with Crippen LogP contribution < -0.4 is 0 Å². The van der Waals surface area contributed by atoms with Crippen molar-refractivity contribution in [2.24, 2.45) is 5.92 Å². The van der Waals surface area contributed by atoms with Gasteiger partial charge in [-0.25, -0.2) is 8.42 Å². The van der Waals surface area contributed by atoms with Crippen LogP contribution in [0.25, 0.3) is 11.4 Å². The van der Waals surface area contributed by atoms with E-state index in [0.717, 1.165) is 73.5 Å². The van der Waals surface area contributed by atoms with Gasteiger partial charge in [-0.2, -0.15) is 5.26 Å². The molecule has 1 saturated heterocycles. The van der Waals surface area contributed by atoms with Crippen LogP contribution in [0.1, 0.15) is 54.8 Å². The van der Waals surface area contributed by atoms with E-state index in [0.29, 0.717) is 17.2 Å². The normalized spacial score (nSPS) is 17.9. The van der Waals surface area contributed by atoms with Gasteiger partial charge in [0.25, 0.3) is 0 Å². The van der Waals surface area contributed by atoms with Gasteiger partial charge in [0.2, 0.25) is 0 Å². The molecule has 1 aromatic carbocycles. The minimum atomic E-state index is -3.19. The van der Waals surface area contributed by atoms with Crippen molar-refractivity contribution in [3.63, 3.8) is 0 Å². The van der Waals surface area contributed by atoms with Crippen LogP contribution in [0.4, 0.5) is 0 Å². The zero-order valence-corrected chi connectivity index (χ0v) is 19.9. The summed E-state index contributed by atoms with van der Waals surface area (Å²) in [5.74, 6) is 0.691. The molecule has 1 atom stereocenters. The van der Waals surface area contributed by atoms with Gasteiger partial charge in [-0.15, -0.1) is 0 Å². The molecule has 2 fully saturated rings. The molecule has 0 bridgehead atoms. The summed E-state index contributed by atoms with van der Waals surface area (Å²) in [4.78, 5) is 8.52. The molecule has 34 heavy (non-hydrogen) atoms. The first-order valence-electron chi connectivity index (χ1n) is 12.0. The fourth-order valence-corrected chi connectivity index (χ4v) is 6.42. The van der Waals surface area contributed by atoms with Gasteiger partial charge >= 0.3 is 0 Å². The molecule has 7 heteroatoms. The first-order chi connectivity index (χ1) is 16.5. The number of pyridine rings is 1. The molecule has 1 unspecified atom stereocenters. The number of aromatic amines is 1. The van der Waals surface area contributed by atoms with E-state index in [4.69, 9.17) is 10.00 Å². The smallest absolute Gasteiger partial charge is 0.181 e. The largest absolute Gasteiger partial charge is 0.381 e. The van der Waals surface area contributed by atoms with E-state index in [1.165, 1.54) is 0 Å². The summed E-state index contributed by atoms with van der Waals surface area (Å²) < 4.78 is 30.8. The maximum absolute atomic E-state index is 12.6. The quantitative estimate of drug-likeness (QED) is 0.493. The second kappa shape index (κ2) is 9.73. The molecule has 1 aliphatic carbocycles. The van der Waals surface area contributed by atoms with Crippen LogP contribution in [0.2, 0.25) is 0 Å². The third kappa shape index (κ3) is 4.94. The molecule has 0 spiro atoms. The lowest BCUT2D eigenvalue weighted by molar-refractivity contribution is 0.0626. The highest BCUT2D eigenvalue weighted by atomic mass is 32.2. The van der Waals surface area contributed by atoms with Crippen LogP contribution >= 0.6 is 0 Å². The molecule has 0 radical (unpaired) electrons. The first-order valence-corrected chi connectivity index (χ1v) is 13.5. The molecule has 3 aromatic rings. The summed E-state index contributed by atoms with van der Waals surface area (Å²) in [6.45, 7) is 1.59. The summed E-state index contributed by atoms with van der Waals surface area (Å²) in [6, 6.07) is 17.7. The Labute approximate surface area is 200 Å². The van der Waals surface area contributed by atoms with Crippen LogP contribution in [0.15, 0.2) is 59.6 Å². The van der Waals surface area contributed by atoms with Crippen molar-refractivity contribution in [2.45, 2.75) is 54.6 Å². The number of hydrogen-bond acceptors (Lipinski definition) is 5. The average molecular weight is 476 g/mol. The number of benzene rings is 1. The summed E-state index contributed by atoms with van der Waals surface area (Å²) >= 11 is 0. The first kappa shape index (κ1) is 22.8. The van der Waals surface area contributed by atoms with E-state index >= 15 is 0 Å². The predicted octanol–water partition coefficient (Wildman–Crippen LogP) is 5.03. The fraction of sp³-hybridized carbons (Fsp3) is 0.407. The number of rotatable bonds is 8. The second-order valence-corrected chi connectivity index (χ2v) is 11.6. The Morgan fingerprint density at radius 3 is 2.44 bits per heavy atom. The summed E-state index contributed by atoms with van der Waals surface area (Å²) in [7, 11) is -3.19. The molecule has 5 rings (SSSR count). The minimum Gasteiger partial charge on any atom is -0.381 e. The summed E-state index contributed by atoms with van der Waals surface area (Å²) in [5, 5.41) is 8.68. The molecular weight excluding hydrogens is 446 g/mol. The summed E-state index contributed by atoms with van der Waals surface area (Å²) in [6.07, 6.45) is 6.70. The highest BCUT2D eigenvalue weighted by molar-refractivity contribution is 7.92. The topological polar surface area (TPSA) is 95.8 Å². The van der Waals surface area contributed by atoms with E-state index in [1.54, 1.807) is 18.3 Å². The van der Waals surface area contributed by atoms with Gasteiger partial charge in [0.15, 0.2) is 9.84 Å². The van der Waals surface area contributed by atoms with Gasteiger partial charge < -0.3 is 9.72 Å². The molecule has 6 nitrogen and oxygen atoms in total. The number of nitriles is 1. The lowest BCUT2D eigenvalue weighted by atomic mass is 9.83. The van der Waals surface area contributed by atoms with Crippen molar-refractivity contribution in [1.29, 1.82) is 5.26 Å². The molecule has 176 valence electrons. The van der Waals surface area contributed by atoms with E-state index in [2.05, 4.69) is 22.1 Å². The van der Waals surface area contributed by atoms with E-state index in [1.807, 2.05) is 30.3 Å². The van der Waals surface area contributed by atoms with Crippen LogP contribution in [0.3, 0.4) is 0 Å². The lowest BCUT2D eigenvalue weighted by Crippen LogP contribution is -2.19. The highest BCUT2D eigenvalue weighted by Crippen LogP contribution is 2.37. The lowest BCUT2D eigenvalue weighted by Gasteiger charge is -2.27. The minimum absolute atomic E-state index is 0.132. The van der Waals surface area contributed by atoms with Crippen molar-refractivity contribution in [1.82, 2.24) is 9.97 Å². The van der Waals surface area contributed by atoms with E-state index in [9.17, 15) is 8.42 Å². The van der Waals surface area contributed by atoms with Crippen molar-refractivity contribution in [3.8, 4) is 17.5 Å². The predicted molar refractivity (Wildman–Crippen MR) is 130 cm³/mol. The molecular formula is C27H29N3O3S. The molecule has 3 heterocycles. The fourth-order valence-electron chi connectivity index (χ4n) is 4.76. The third-order valence-electron chi connectivity index (χ3n) is 6.95. The zero-order chi connectivity index (χ0) is 23.5. The maximum Gasteiger partial charge on any atom is 0.181 e. The number of H-pyrrole nitrogens is 1. The molecule has 0 amide bonds. The zero-order valence-electron chi connectivity index (χ0n) is 19.1. The Morgan fingerprint density at radius 2 is 1.79 bits per heavy atom. The van der Waals surface area contributed by atoms with Gasteiger partial charge in [-0.3, -0.25) is 4.98 Å². The Balaban J connectivity index is 1.42. The Kier molecular flexibility index (Phi) is 6.53. The van der Waals surface area contributed by atoms with Gasteiger partial charge in [0.1, 0.15) is 0 Å². The van der Waals surface area contributed by atoms with Crippen molar-refractivity contribution in [2.75, 3.05) is 13.2 Å². The number of ether oxygens (including phenoxy) is 1. The SMILES string of the molecule is N#CCc1ccc(-c2ccc(C(CC3CCOCC3)c3ccc(S(=O)(=O)C4CC4)cc3)[nH]2)nc1. The molecule has 1 N–H and O–H groups in total. The third-order valence-corrected chi connectivity index (χ3v) is 9.23. The number of sulfone groups is 1. The van der Waals surface area contributed by atoms with E-state index in [-0.39, 0.29) is 11.2 Å². The number of nitrogens with one attached hydrogen (secondary N) is 1. The van der Waals surface area contributed by atoms with Gasteiger partial charge in [0.05, 0.1) is 34.0 Å². The number of aromatic nitrogens is 2. The standard InChI is InChI=1S/C27H29N3O3S/c28-14-11-20-1-8-26(29-18-20)27-10-9-25(30-27)24(17-19-12-15-33-16-13-19)21-2-4-22(5-3-21)34(31,32)23-6-7-23/h1-5,8-10,18-19,23-24,30H,6-7,11-13,15-17H2. The highest BCUT2D eigenvalue weighted by Gasteiger charge is 2.37. The van der Waals surface area contributed by atoms with Crippen molar-refractivity contribution >= 4 is 9.84 Å². The molecule has 2 aliphatic rings. The number of nitrogens with zero attached hydrogens (tertiary/aromatic N) is 2. The van der Waals surface area contributed by atoms with E-state index < -0.39 is 9.84 Å². The molecule has 1 aliphatic heterocycles. The Hall–Kier alpha value is -2.95. The Bertz CT molecular complexity index is 1260. The molecule has 2 aromatic heterocycles. The van der Waals surface area contributed by atoms with Gasteiger partial charge in [0, 0.05) is 31.0 Å². The summed E-state index contributed by atoms with van der Waals surface area (Å²) in [5.41, 5.74) is 4.89. The van der Waals surface area contributed by atoms with Crippen molar-refractivity contribution < 1.29 is 13.2 Å². The maximum atomic E-state index is 12.6. The second-order valence-electron chi connectivity index (χ2n) is 9.37. The van der Waals surface area contributed by atoms with Gasteiger partial charge in [-0.1, -0.05) is 18.2 Å². The van der Waals surface area contributed by atoms with Crippen LogP contribution in [-0.2, 0) is 21.0 Å². The average Bonchev–Trinajstić information content (AvgIpc) is 3.63. The van der Waals surface area contributed by atoms with Crippen LogP contribution in [0.5, 0.6) is 0 Å². The van der Waals surface area contributed by atoms with Crippen molar-refractivity contribution in [3.05, 3.63) is 71.5 Å². The van der Waals surface area contributed by atoms with Gasteiger partial charge in [-0.05, 0) is 79.5 Å². The molecule has 1 saturated carbocycles. The number of hydrogen-bond donors (Lipinski definition) is 1.